The van der Waals surface area contributed by atoms with Crippen molar-refractivity contribution in [3.63, 3.8) is 0 Å². The number of aryl methyl sites for hydroxylation is 1. The molecule has 36 heavy (non-hydrogen) atoms. The summed E-state index contributed by atoms with van der Waals surface area (Å²) in [5.74, 6) is 2.14. The van der Waals surface area contributed by atoms with Gasteiger partial charge in [-0.05, 0) is 56.2 Å². The molecule has 0 spiro atoms. The van der Waals surface area contributed by atoms with Gasteiger partial charge in [-0.15, -0.1) is 6.58 Å². The maximum atomic E-state index is 10.7. The van der Waals surface area contributed by atoms with Gasteiger partial charge in [0.15, 0.2) is 0 Å². The van der Waals surface area contributed by atoms with Gasteiger partial charge in [-0.25, -0.2) is 4.68 Å². The van der Waals surface area contributed by atoms with Crippen molar-refractivity contribution in [3.8, 4) is 23.1 Å². The zero-order chi connectivity index (χ0) is 25.9. The molecule has 3 aromatic rings. The second-order valence-electron chi connectivity index (χ2n) is 8.78. The van der Waals surface area contributed by atoms with Crippen molar-refractivity contribution in [3.05, 3.63) is 78.5 Å². The van der Waals surface area contributed by atoms with Crippen molar-refractivity contribution in [2.45, 2.75) is 52.3 Å². The molecule has 3 rings (SSSR count). The summed E-state index contributed by atoms with van der Waals surface area (Å²) < 4.78 is 19.2. The van der Waals surface area contributed by atoms with Crippen molar-refractivity contribution in [1.29, 1.82) is 0 Å². The highest BCUT2D eigenvalue weighted by Crippen LogP contribution is 2.33. The van der Waals surface area contributed by atoms with Gasteiger partial charge in [0, 0.05) is 19.1 Å². The minimum Gasteiger partial charge on any atom is -0.497 e. The molecule has 0 saturated carbocycles. The number of aliphatic hydroxyl groups is 1. The number of nitrogens with zero attached hydrogens (tertiary/aromatic N) is 3. The molecule has 2 atom stereocenters. The maximum Gasteiger partial charge on any atom is 0.227 e. The van der Waals surface area contributed by atoms with E-state index in [4.69, 9.17) is 19.3 Å². The molecule has 0 amide bonds. The normalized spacial score (nSPS) is 12.9. The monoisotopic (exact) mass is 493 g/mol. The lowest BCUT2D eigenvalue weighted by Gasteiger charge is -2.30. The van der Waals surface area contributed by atoms with Gasteiger partial charge >= 0.3 is 0 Å². The van der Waals surface area contributed by atoms with Crippen LogP contribution in [0.4, 0.5) is 0 Å². The fourth-order valence-electron chi connectivity index (χ4n) is 4.00. The third kappa shape index (κ3) is 7.20. The molecule has 1 N–H and O–H groups in total. The standard InChI is InChI=1S/C29H39N3O4/c1-6-18-35-21-24(33)19-31(22(4)7-2)20-27-28(8-3)30-32(23-12-10-9-11-13-23)29(27)36-26-16-14-25(34-5)15-17-26/h6,9-17,22,24,33H,1,7-8,18-21H2,2-5H3/t22-,24+/m1/s1. The van der Waals surface area contributed by atoms with Crippen LogP contribution in [0.15, 0.2) is 67.3 Å². The molecular weight excluding hydrogens is 454 g/mol. The number of hydrogen-bond donors (Lipinski definition) is 1. The van der Waals surface area contributed by atoms with Crippen LogP contribution in [0.1, 0.15) is 38.4 Å². The van der Waals surface area contributed by atoms with Crippen molar-refractivity contribution in [2.75, 3.05) is 26.9 Å². The van der Waals surface area contributed by atoms with Gasteiger partial charge in [-0.2, -0.15) is 5.10 Å². The fraction of sp³-hybridized carbons (Fsp3) is 0.414. The largest absolute Gasteiger partial charge is 0.497 e. The fourth-order valence-corrected chi connectivity index (χ4v) is 4.00. The van der Waals surface area contributed by atoms with E-state index in [-0.39, 0.29) is 12.6 Å². The van der Waals surface area contributed by atoms with E-state index < -0.39 is 6.10 Å². The van der Waals surface area contributed by atoms with E-state index in [9.17, 15) is 5.11 Å². The number of aliphatic hydroxyl groups excluding tert-OH is 1. The van der Waals surface area contributed by atoms with Gasteiger partial charge in [0.05, 0.1) is 43.4 Å². The Morgan fingerprint density at radius 3 is 2.39 bits per heavy atom. The summed E-state index contributed by atoms with van der Waals surface area (Å²) >= 11 is 0. The minimum absolute atomic E-state index is 0.248. The van der Waals surface area contributed by atoms with Gasteiger partial charge in [-0.3, -0.25) is 4.90 Å². The van der Waals surface area contributed by atoms with Gasteiger partial charge in [0.1, 0.15) is 11.5 Å². The summed E-state index contributed by atoms with van der Waals surface area (Å²) in [4.78, 5) is 2.27. The molecule has 1 aromatic heterocycles. The predicted molar refractivity (Wildman–Crippen MR) is 143 cm³/mol. The lowest BCUT2D eigenvalue weighted by atomic mass is 10.1. The Balaban J connectivity index is 1.99. The number of rotatable bonds is 15. The summed E-state index contributed by atoms with van der Waals surface area (Å²) in [5.41, 5.74) is 2.90. The maximum absolute atomic E-state index is 10.7. The van der Waals surface area contributed by atoms with Crippen molar-refractivity contribution < 1.29 is 19.3 Å². The number of para-hydroxylation sites is 1. The highest BCUT2D eigenvalue weighted by molar-refractivity contribution is 5.44. The third-order valence-corrected chi connectivity index (χ3v) is 6.20. The summed E-state index contributed by atoms with van der Waals surface area (Å²) in [6, 6.07) is 17.8. The Labute approximate surface area is 214 Å². The first-order chi connectivity index (χ1) is 17.5. The molecule has 0 aliphatic rings. The van der Waals surface area contributed by atoms with E-state index in [1.54, 1.807) is 13.2 Å². The van der Waals surface area contributed by atoms with E-state index in [2.05, 4.69) is 32.3 Å². The highest BCUT2D eigenvalue weighted by atomic mass is 16.5. The van der Waals surface area contributed by atoms with Crippen LogP contribution in [-0.2, 0) is 17.7 Å². The summed E-state index contributed by atoms with van der Waals surface area (Å²) in [6.45, 7) is 11.9. The van der Waals surface area contributed by atoms with Crippen molar-refractivity contribution in [2.24, 2.45) is 0 Å². The quantitative estimate of drug-likeness (QED) is 0.226. The van der Waals surface area contributed by atoms with Crippen molar-refractivity contribution >= 4 is 0 Å². The van der Waals surface area contributed by atoms with Crippen LogP contribution in [0, 0.1) is 0 Å². The second kappa shape index (κ2) is 13.8. The third-order valence-electron chi connectivity index (χ3n) is 6.20. The van der Waals surface area contributed by atoms with Gasteiger partial charge < -0.3 is 19.3 Å². The molecule has 0 aliphatic carbocycles. The molecule has 0 radical (unpaired) electrons. The summed E-state index contributed by atoms with van der Waals surface area (Å²) in [7, 11) is 1.65. The molecule has 0 aliphatic heterocycles. The Kier molecular flexibility index (Phi) is 10.5. The first-order valence-corrected chi connectivity index (χ1v) is 12.6. The van der Waals surface area contributed by atoms with Gasteiger partial charge in [-0.1, -0.05) is 38.1 Å². The molecule has 7 nitrogen and oxygen atoms in total. The molecule has 0 saturated heterocycles. The average molecular weight is 494 g/mol. The first kappa shape index (κ1) is 27.5. The second-order valence-corrected chi connectivity index (χ2v) is 8.78. The van der Waals surface area contributed by atoms with E-state index >= 15 is 0 Å². The van der Waals surface area contributed by atoms with Crippen LogP contribution in [0.2, 0.25) is 0 Å². The number of benzene rings is 2. The number of ether oxygens (including phenoxy) is 3. The van der Waals surface area contributed by atoms with Crippen molar-refractivity contribution in [1.82, 2.24) is 14.7 Å². The van der Waals surface area contributed by atoms with Crippen LogP contribution in [0.25, 0.3) is 5.69 Å². The highest BCUT2D eigenvalue weighted by Gasteiger charge is 2.25. The predicted octanol–water partition coefficient (Wildman–Crippen LogP) is 5.40. The van der Waals surface area contributed by atoms with Crippen LogP contribution >= 0.6 is 0 Å². The smallest absolute Gasteiger partial charge is 0.227 e. The number of aromatic nitrogens is 2. The van der Waals surface area contributed by atoms with E-state index in [0.717, 1.165) is 35.5 Å². The summed E-state index contributed by atoms with van der Waals surface area (Å²) in [5, 5.41) is 15.6. The Morgan fingerprint density at radius 1 is 1.08 bits per heavy atom. The first-order valence-electron chi connectivity index (χ1n) is 12.6. The van der Waals surface area contributed by atoms with E-state index in [1.807, 2.05) is 59.3 Å². The zero-order valence-corrected chi connectivity index (χ0v) is 21.9. The minimum atomic E-state index is -0.612. The van der Waals surface area contributed by atoms with E-state index in [0.29, 0.717) is 31.3 Å². The lowest BCUT2D eigenvalue weighted by molar-refractivity contribution is 0.0155. The molecular formula is C29H39N3O4. The van der Waals surface area contributed by atoms with Gasteiger partial charge in [0.25, 0.3) is 0 Å². The van der Waals surface area contributed by atoms with Crippen LogP contribution in [0.3, 0.4) is 0 Å². The molecule has 2 aromatic carbocycles. The van der Waals surface area contributed by atoms with Crippen LogP contribution in [0.5, 0.6) is 17.4 Å². The Morgan fingerprint density at radius 2 is 1.78 bits per heavy atom. The van der Waals surface area contributed by atoms with Crippen LogP contribution in [-0.4, -0.2) is 58.8 Å². The van der Waals surface area contributed by atoms with E-state index in [1.165, 1.54) is 0 Å². The Bertz CT molecular complexity index is 1070. The molecule has 0 fully saturated rings. The Hall–Kier alpha value is -3.13. The molecule has 194 valence electrons. The number of methoxy groups -OCH3 is 1. The lowest BCUT2D eigenvalue weighted by Crippen LogP contribution is -2.40. The SMILES string of the molecule is C=CCOC[C@@H](O)CN(Cc1c(CC)nn(-c2ccccc2)c1Oc1ccc(OC)cc1)[C@H](C)CC. The zero-order valence-electron chi connectivity index (χ0n) is 21.9. The van der Waals surface area contributed by atoms with Gasteiger partial charge in [0.2, 0.25) is 5.88 Å². The number of hydrogen-bond acceptors (Lipinski definition) is 6. The molecule has 0 unspecified atom stereocenters. The molecule has 1 heterocycles. The van der Waals surface area contributed by atoms with Crippen LogP contribution < -0.4 is 9.47 Å². The average Bonchev–Trinajstić information content (AvgIpc) is 3.25. The topological polar surface area (TPSA) is 69.0 Å². The molecule has 0 bridgehead atoms. The summed E-state index contributed by atoms with van der Waals surface area (Å²) in [6.07, 6.45) is 2.78. The molecule has 7 heteroatoms.